The van der Waals surface area contributed by atoms with Crippen LogP contribution in [-0.4, -0.2) is 23.7 Å². The van der Waals surface area contributed by atoms with Crippen LogP contribution in [0.3, 0.4) is 0 Å². The molecule has 0 saturated carbocycles. The molecule has 0 aromatic heterocycles. The molecular formula is C12H10O5S. The van der Waals surface area contributed by atoms with E-state index in [4.69, 9.17) is 0 Å². The minimum absolute atomic E-state index is 0.373. The number of phenolic OH excluding ortho intramolecular Hbond substituents is 3. The summed E-state index contributed by atoms with van der Waals surface area (Å²) in [6.07, 6.45) is 0. The van der Waals surface area contributed by atoms with Crippen LogP contribution in [0.25, 0.3) is 0 Å². The van der Waals surface area contributed by atoms with Crippen molar-refractivity contribution in [1.29, 1.82) is 0 Å². The van der Waals surface area contributed by atoms with Crippen molar-refractivity contribution in [3.05, 3.63) is 42.5 Å². The Balaban J connectivity index is 2.75. The van der Waals surface area contributed by atoms with E-state index in [1.54, 1.807) is 0 Å². The minimum atomic E-state index is -4.18. The Morgan fingerprint density at radius 1 is 0.722 bits per heavy atom. The van der Waals surface area contributed by atoms with E-state index in [1.165, 1.54) is 30.3 Å². The van der Waals surface area contributed by atoms with Crippen molar-refractivity contribution in [1.82, 2.24) is 0 Å². The zero-order valence-electron chi connectivity index (χ0n) is 9.11. The lowest BCUT2D eigenvalue weighted by Gasteiger charge is -2.09. The Morgan fingerprint density at radius 3 is 1.78 bits per heavy atom. The molecule has 0 aliphatic heterocycles. The third-order valence-electron chi connectivity index (χ3n) is 2.40. The Bertz CT molecular complexity index is 671. The van der Waals surface area contributed by atoms with Gasteiger partial charge in [-0.1, -0.05) is 18.2 Å². The minimum Gasteiger partial charge on any atom is -0.507 e. The first-order valence-electron chi connectivity index (χ1n) is 4.98. The van der Waals surface area contributed by atoms with Crippen molar-refractivity contribution >= 4 is 9.84 Å². The average molecular weight is 266 g/mol. The second kappa shape index (κ2) is 4.23. The van der Waals surface area contributed by atoms with Crippen LogP contribution in [-0.2, 0) is 9.84 Å². The fourth-order valence-corrected chi connectivity index (χ4v) is 3.09. The van der Waals surface area contributed by atoms with Gasteiger partial charge in [-0.05, 0) is 24.3 Å². The number of aromatic hydroxyl groups is 3. The molecule has 0 unspecified atom stereocenters. The van der Waals surface area contributed by atoms with E-state index in [2.05, 4.69) is 0 Å². The van der Waals surface area contributed by atoms with Crippen molar-refractivity contribution in [3.8, 4) is 17.2 Å². The van der Waals surface area contributed by atoms with E-state index in [0.717, 1.165) is 12.1 Å². The maximum absolute atomic E-state index is 12.2. The second-order valence-corrected chi connectivity index (χ2v) is 5.45. The van der Waals surface area contributed by atoms with Gasteiger partial charge in [0, 0.05) is 0 Å². The van der Waals surface area contributed by atoms with Crippen LogP contribution in [0.15, 0.2) is 52.3 Å². The molecule has 2 rings (SSSR count). The number of sulfone groups is 1. The molecular weight excluding hydrogens is 256 g/mol. The fraction of sp³-hybridized carbons (Fsp3) is 0. The number of para-hydroxylation sites is 1. The summed E-state index contributed by atoms with van der Waals surface area (Å²) in [4.78, 5) is -0.992. The topological polar surface area (TPSA) is 94.8 Å². The zero-order chi connectivity index (χ0) is 13.3. The van der Waals surface area contributed by atoms with Crippen molar-refractivity contribution in [2.45, 2.75) is 9.79 Å². The Labute approximate surface area is 103 Å². The quantitative estimate of drug-likeness (QED) is 0.768. The highest BCUT2D eigenvalue weighted by Crippen LogP contribution is 2.38. The lowest BCUT2D eigenvalue weighted by atomic mass is 10.3. The van der Waals surface area contributed by atoms with E-state index >= 15 is 0 Å². The average Bonchev–Trinajstić information content (AvgIpc) is 2.28. The highest BCUT2D eigenvalue weighted by Gasteiger charge is 2.27. The van der Waals surface area contributed by atoms with Crippen molar-refractivity contribution < 1.29 is 23.7 Å². The van der Waals surface area contributed by atoms with E-state index in [9.17, 15) is 23.7 Å². The second-order valence-electron chi connectivity index (χ2n) is 3.60. The van der Waals surface area contributed by atoms with Crippen molar-refractivity contribution in [3.63, 3.8) is 0 Å². The van der Waals surface area contributed by atoms with Gasteiger partial charge >= 0.3 is 0 Å². The Hall–Kier alpha value is -2.21. The molecule has 0 fully saturated rings. The highest BCUT2D eigenvalue weighted by molar-refractivity contribution is 7.91. The van der Waals surface area contributed by atoms with Gasteiger partial charge in [0.2, 0.25) is 9.84 Å². The molecule has 18 heavy (non-hydrogen) atoms. The summed E-state index contributed by atoms with van der Waals surface area (Å²) in [5, 5.41) is 28.7. The van der Waals surface area contributed by atoms with E-state index in [1.807, 2.05) is 0 Å². The van der Waals surface area contributed by atoms with E-state index in [0.29, 0.717) is 0 Å². The van der Waals surface area contributed by atoms with Gasteiger partial charge in [0.1, 0.15) is 22.1 Å². The lowest BCUT2D eigenvalue weighted by Crippen LogP contribution is -2.03. The van der Waals surface area contributed by atoms with Crippen LogP contribution in [0.4, 0.5) is 0 Å². The molecule has 0 radical (unpaired) electrons. The monoisotopic (exact) mass is 266 g/mol. The van der Waals surface area contributed by atoms with Crippen LogP contribution in [0.1, 0.15) is 0 Å². The largest absolute Gasteiger partial charge is 0.507 e. The molecule has 2 aromatic rings. The third kappa shape index (κ3) is 1.86. The number of rotatable bonds is 2. The molecule has 0 saturated heterocycles. The first-order valence-corrected chi connectivity index (χ1v) is 6.47. The van der Waals surface area contributed by atoms with Gasteiger partial charge in [-0.3, -0.25) is 0 Å². The molecule has 6 heteroatoms. The molecule has 0 bridgehead atoms. The standard InChI is InChI=1S/C12H10O5S/c13-8-4-1-2-7-11(8)18(16,17)12-9(14)5-3-6-10(12)15/h1-7,13-15H. The van der Waals surface area contributed by atoms with Gasteiger partial charge in [0.25, 0.3) is 0 Å². The molecule has 5 nitrogen and oxygen atoms in total. The van der Waals surface area contributed by atoms with E-state index in [-0.39, 0.29) is 4.90 Å². The van der Waals surface area contributed by atoms with Crippen molar-refractivity contribution in [2.24, 2.45) is 0 Å². The van der Waals surface area contributed by atoms with Crippen LogP contribution in [0.2, 0.25) is 0 Å². The number of hydrogen-bond donors (Lipinski definition) is 3. The normalized spacial score (nSPS) is 11.3. The summed E-state index contributed by atoms with van der Waals surface area (Å²) in [6, 6.07) is 8.91. The highest BCUT2D eigenvalue weighted by atomic mass is 32.2. The summed E-state index contributed by atoms with van der Waals surface area (Å²) in [6.45, 7) is 0. The summed E-state index contributed by atoms with van der Waals surface area (Å²) in [5.74, 6) is -1.59. The van der Waals surface area contributed by atoms with Gasteiger partial charge in [-0.15, -0.1) is 0 Å². The molecule has 0 heterocycles. The molecule has 2 aromatic carbocycles. The number of phenols is 3. The first-order chi connectivity index (χ1) is 8.44. The summed E-state index contributed by atoms with van der Waals surface area (Å²) in [7, 11) is -4.18. The lowest BCUT2D eigenvalue weighted by molar-refractivity contribution is 0.422. The first kappa shape index (κ1) is 12.3. The fourth-order valence-electron chi connectivity index (χ4n) is 1.58. The van der Waals surface area contributed by atoms with Gasteiger partial charge < -0.3 is 15.3 Å². The third-order valence-corrected chi connectivity index (χ3v) is 4.28. The molecule has 0 aliphatic rings. The molecule has 94 valence electrons. The maximum atomic E-state index is 12.2. The SMILES string of the molecule is O=S(=O)(c1ccccc1O)c1c(O)cccc1O. The summed E-state index contributed by atoms with van der Waals surface area (Å²) >= 11 is 0. The van der Waals surface area contributed by atoms with Crippen LogP contribution in [0, 0.1) is 0 Å². The van der Waals surface area contributed by atoms with Crippen LogP contribution >= 0.6 is 0 Å². The van der Waals surface area contributed by atoms with E-state index < -0.39 is 32.0 Å². The Kier molecular flexibility index (Phi) is 2.88. The van der Waals surface area contributed by atoms with Gasteiger partial charge in [-0.2, -0.15) is 0 Å². The molecule has 3 N–H and O–H groups in total. The molecule has 0 spiro atoms. The zero-order valence-corrected chi connectivity index (χ0v) is 9.92. The molecule has 0 aliphatic carbocycles. The van der Waals surface area contributed by atoms with Crippen LogP contribution < -0.4 is 0 Å². The summed E-state index contributed by atoms with van der Waals surface area (Å²) < 4.78 is 24.4. The Morgan fingerprint density at radius 2 is 1.22 bits per heavy atom. The number of benzene rings is 2. The number of hydrogen-bond acceptors (Lipinski definition) is 5. The maximum Gasteiger partial charge on any atom is 0.217 e. The predicted octanol–water partition coefficient (Wildman–Crippen LogP) is 1.64. The smallest absolute Gasteiger partial charge is 0.217 e. The van der Waals surface area contributed by atoms with Gasteiger partial charge in [-0.25, -0.2) is 8.42 Å². The summed E-state index contributed by atoms with van der Waals surface area (Å²) in [5.41, 5.74) is 0. The molecule has 0 atom stereocenters. The van der Waals surface area contributed by atoms with Crippen molar-refractivity contribution in [2.75, 3.05) is 0 Å². The van der Waals surface area contributed by atoms with Gasteiger partial charge in [0.05, 0.1) is 0 Å². The van der Waals surface area contributed by atoms with Crippen LogP contribution in [0.5, 0.6) is 17.2 Å². The van der Waals surface area contributed by atoms with Gasteiger partial charge in [0.15, 0.2) is 4.90 Å². The molecule has 0 amide bonds. The predicted molar refractivity (Wildman–Crippen MR) is 63.3 cm³/mol.